The summed E-state index contributed by atoms with van der Waals surface area (Å²) in [7, 11) is 0. The third kappa shape index (κ3) is 3.01. The maximum absolute atomic E-state index is 13.0. The molecular weight excluding hydrogens is 483 g/mol. The molecule has 0 fully saturated rings. The first-order valence-electron chi connectivity index (χ1n) is 10.0. The third-order valence-electron chi connectivity index (χ3n) is 5.66. The number of benzene rings is 3. The Labute approximate surface area is 202 Å². The second-order valence-corrected chi connectivity index (χ2v) is 8.54. The molecular formula is C23H14Cl2N4O5. The molecule has 0 saturated carbocycles. The number of carbonyl (C=O) groups is 1. The lowest BCUT2D eigenvalue weighted by atomic mass is 9.77. The lowest BCUT2D eigenvalue weighted by Gasteiger charge is -2.36. The van der Waals surface area contributed by atoms with E-state index in [1.807, 2.05) is 0 Å². The van der Waals surface area contributed by atoms with Gasteiger partial charge < -0.3 is 19.7 Å². The molecule has 34 heavy (non-hydrogen) atoms. The summed E-state index contributed by atoms with van der Waals surface area (Å²) >= 11 is 12.0. The highest BCUT2D eigenvalue weighted by atomic mass is 35.5. The van der Waals surface area contributed by atoms with Crippen LogP contribution in [0.1, 0.15) is 27.0 Å². The molecule has 0 aliphatic carbocycles. The van der Waals surface area contributed by atoms with E-state index in [9.17, 15) is 15.0 Å². The van der Waals surface area contributed by atoms with Gasteiger partial charge in [-0.1, -0.05) is 23.2 Å². The number of anilines is 1. The number of fused-ring (bicyclic) bond motifs is 6. The predicted molar refractivity (Wildman–Crippen MR) is 124 cm³/mol. The number of aromatic hydroxyl groups is 2. The van der Waals surface area contributed by atoms with Crippen molar-refractivity contribution in [1.82, 2.24) is 10.7 Å². The van der Waals surface area contributed by atoms with Crippen LogP contribution in [0.3, 0.4) is 0 Å². The van der Waals surface area contributed by atoms with E-state index in [0.717, 1.165) is 0 Å². The van der Waals surface area contributed by atoms with Gasteiger partial charge in [0.15, 0.2) is 10.8 Å². The van der Waals surface area contributed by atoms with Crippen molar-refractivity contribution in [3.8, 4) is 23.0 Å². The molecule has 3 aliphatic rings. The number of nitrogens with one attached hydrogen (secondary N) is 2. The molecule has 0 bridgehead atoms. The zero-order valence-electron chi connectivity index (χ0n) is 17.0. The number of carbonyl (C=O) groups excluding carboxylic acids is 1. The van der Waals surface area contributed by atoms with Crippen LogP contribution in [0.5, 0.6) is 23.0 Å². The molecule has 0 amide bonds. The highest BCUT2D eigenvalue weighted by Crippen LogP contribution is 2.57. The van der Waals surface area contributed by atoms with Gasteiger partial charge in [0.1, 0.15) is 28.2 Å². The van der Waals surface area contributed by atoms with Gasteiger partial charge in [-0.15, -0.1) is 10.3 Å². The van der Waals surface area contributed by atoms with Crippen molar-refractivity contribution in [1.29, 1.82) is 0 Å². The number of phenolic OH excluding ortho intramolecular Hbond substituents is 2. The molecule has 11 heteroatoms. The number of hydrazone groups is 1. The van der Waals surface area contributed by atoms with Crippen molar-refractivity contribution in [2.45, 2.75) is 5.60 Å². The molecule has 3 aliphatic heterocycles. The van der Waals surface area contributed by atoms with Gasteiger partial charge in [0, 0.05) is 34.9 Å². The Morgan fingerprint density at radius 2 is 1.62 bits per heavy atom. The van der Waals surface area contributed by atoms with Gasteiger partial charge in [-0.2, -0.15) is 0 Å². The van der Waals surface area contributed by atoms with E-state index in [2.05, 4.69) is 16.0 Å². The van der Waals surface area contributed by atoms with Gasteiger partial charge in [0.05, 0.1) is 11.3 Å². The first-order chi connectivity index (χ1) is 16.3. The van der Waals surface area contributed by atoms with E-state index in [4.69, 9.17) is 32.7 Å². The fourth-order valence-corrected chi connectivity index (χ4v) is 4.75. The first kappa shape index (κ1) is 20.5. The van der Waals surface area contributed by atoms with Gasteiger partial charge in [-0.05, 0) is 42.5 Å². The van der Waals surface area contributed by atoms with Gasteiger partial charge in [0.25, 0.3) is 0 Å². The van der Waals surface area contributed by atoms with Crippen molar-refractivity contribution in [3.63, 3.8) is 0 Å². The van der Waals surface area contributed by atoms with Crippen molar-refractivity contribution in [2.24, 2.45) is 5.10 Å². The normalized spacial score (nSPS) is 16.9. The molecule has 0 aromatic heterocycles. The van der Waals surface area contributed by atoms with Crippen LogP contribution in [0.2, 0.25) is 0 Å². The standard InChI is InChI=1S/C23H14Cl2N4O5/c24-20-10-21(25)28-29(27-20)26-11-1-4-14-17(7-11)23(34-22(14)32)15-5-2-12(30)8-18(15)33-19-9-13(31)3-6-16(19)23/h1-10,26-27,30-31H. The summed E-state index contributed by atoms with van der Waals surface area (Å²) < 4.78 is 12.0. The van der Waals surface area contributed by atoms with E-state index in [-0.39, 0.29) is 21.8 Å². The lowest BCUT2D eigenvalue weighted by molar-refractivity contribution is 0.0224. The number of esters is 1. The fourth-order valence-electron chi connectivity index (χ4n) is 4.33. The minimum atomic E-state index is -1.37. The maximum Gasteiger partial charge on any atom is 0.340 e. The van der Waals surface area contributed by atoms with Gasteiger partial charge in [-0.3, -0.25) is 10.9 Å². The highest BCUT2D eigenvalue weighted by molar-refractivity contribution is 6.69. The van der Waals surface area contributed by atoms with E-state index in [0.29, 0.717) is 39.4 Å². The van der Waals surface area contributed by atoms with Gasteiger partial charge in [-0.25, -0.2) is 4.79 Å². The second kappa shape index (κ2) is 7.21. The first-order valence-corrected chi connectivity index (χ1v) is 10.8. The number of hydrogen-bond donors (Lipinski definition) is 4. The minimum absolute atomic E-state index is 0.0201. The topological polar surface area (TPSA) is 116 Å². The van der Waals surface area contributed by atoms with E-state index < -0.39 is 11.6 Å². The average molecular weight is 497 g/mol. The molecule has 0 saturated heterocycles. The molecule has 3 heterocycles. The zero-order chi connectivity index (χ0) is 23.6. The number of hydrazine groups is 2. The number of allylic oxidation sites excluding steroid dienone is 1. The Kier molecular flexibility index (Phi) is 4.35. The summed E-state index contributed by atoms with van der Waals surface area (Å²) in [5.41, 5.74) is 6.94. The molecule has 0 unspecified atom stereocenters. The highest BCUT2D eigenvalue weighted by Gasteiger charge is 2.53. The zero-order valence-corrected chi connectivity index (χ0v) is 18.6. The van der Waals surface area contributed by atoms with Crippen molar-refractivity contribution in [3.05, 3.63) is 88.1 Å². The SMILES string of the molecule is O=C1OC2(c3ccc(O)cc3Oc3cc(O)ccc32)c2cc(NN3N=C(Cl)C=C(Cl)N3)ccc21. The number of ether oxygens (including phenoxy) is 2. The van der Waals surface area contributed by atoms with Crippen LogP contribution in [0, 0.1) is 0 Å². The Hall–Kier alpha value is -4.08. The molecule has 4 N–H and O–H groups in total. The summed E-state index contributed by atoms with van der Waals surface area (Å²) in [5, 5.41) is 25.8. The van der Waals surface area contributed by atoms with Crippen molar-refractivity contribution in [2.75, 3.05) is 5.43 Å². The Morgan fingerprint density at radius 1 is 0.941 bits per heavy atom. The molecule has 0 atom stereocenters. The quantitative estimate of drug-likeness (QED) is 0.304. The number of phenols is 2. The third-order valence-corrected chi connectivity index (χ3v) is 6.04. The number of hydrogen-bond acceptors (Lipinski definition) is 9. The van der Waals surface area contributed by atoms with Crippen LogP contribution in [-0.4, -0.2) is 26.6 Å². The Bertz CT molecular complexity index is 1400. The van der Waals surface area contributed by atoms with Crippen LogP contribution >= 0.6 is 23.2 Å². The second-order valence-electron chi connectivity index (χ2n) is 7.74. The summed E-state index contributed by atoms with van der Waals surface area (Å²) in [6, 6.07) is 14.2. The van der Waals surface area contributed by atoms with Crippen molar-refractivity contribution >= 4 is 40.0 Å². The number of nitrogens with zero attached hydrogens (tertiary/aromatic N) is 2. The predicted octanol–water partition coefficient (Wildman–Crippen LogP) is 4.45. The van der Waals surface area contributed by atoms with Crippen LogP contribution < -0.4 is 15.6 Å². The smallest absolute Gasteiger partial charge is 0.340 e. The molecule has 0 radical (unpaired) electrons. The molecule has 3 aromatic rings. The lowest BCUT2D eigenvalue weighted by Crippen LogP contribution is -2.39. The van der Waals surface area contributed by atoms with Crippen LogP contribution in [0.25, 0.3) is 0 Å². The Balaban J connectivity index is 1.53. The largest absolute Gasteiger partial charge is 0.508 e. The minimum Gasteiger partial charge on any atom is -0.508 e. The van der Waals surface area contributed by atoms with E-state index in [1.165, 1.54) is 35.6 Å². The van der Waals surface area contributed by atoms with Crippen molar-refractivity contribution < 1.29 is 24.5 Å². The van der Waals surface area contributed by atoms with Gasteiger partial charge >= 0.3 is 5.97 Å². The molecule has 9 nitrogen and oxygen atoms in total. The molecule has 1 spiro atoms. The average Bonchev–Trinajstić information content (AvgIpc) is 3.05. The van der Waals surface area contributed by atoms with E-state index >= 15 is 0 Å². The fraction of sp³-hybridized carbons (Fsp3) is 0.0435. The molecule has 6 rings (SSSR count). The van der Waals surface area contributed by atoms with Gasteiger partial charge in [0.2, 0.25) is 0 Å². The van der Waals surface area contributed by atoms with Crippen LogP contribution in [0.15, 0.2) is 70.9 Å². The number of rotatable bonds is 2. The maximum atomic E-state index is 13.0. The molecule has 170 valence electrons. The monoisotopic (exact) mass is 496 g/mol. The summed E-state index contributed by atoms with van der Waals surface area (Å²) in [4.78, 5) is 13.0. The van der Waals surface area contributed by atoms with Crippen LogP contribution in [-0.2, 0) is 10.3 Å². The Morgan fingerprint density at radius 3 is 2.26 bits per heavy atom. The summed E-state index contributed by atoms with van der Waals surface area (Å²) in [5.74, 6) is 0.0255. The molecule has 3 aromatic carbocycles. The summed E-state index contributed by atoms with van der Waals surface area (Å²) in [6.45, 7) is 0. The number of halogens is 2. The summed E-state index contributed by atoms with van der Waals surface area (Å²) in [6.07, 6.45) is 1.45. The van der Waals surface area contributed by atoms with Crippen LogP contribution in [0.4, 0.5) is 5.69 Å². The van der Waals surface area contributed by atoms with E-state index in [1.54, 1.807) is 30.3 Å².